The van der Waals surface area contributed by atoms with E-state index in [-0.39, 0.29) is 24.8 Å². The summed E-state index contributed by atoms with van der Waals surface area (Å²) in [4.78, 5) is 24.9. The lowest BCUT2D eigenvalue weighted by Gasteiger charge is -2.23. The molecule has 1 aliphatic rings. The van der Waals surface area contributed by atoms with Crippen LogP contribution < -0.4 is 5.32 Å². The predicted octanol–water partition coefficient (Wildman–Crippen LogP) is 3.37. The quantitative estimate of drug-likeness (QED) is 0.873. The molecule has 0 aliphatic carbocycles. The first kappa shape index (κ1) is 15.6. The van der Waals surface area contributed by atoms with Crippen LogP contribution in [0.2, 0.25) is 0 Å². The summed E-state index contributed by atoms with van der Waals surface area (Å²) in [5, 5.41) is 2.28. The predicted molar refractivity (Wildman–Crippen MR) is 85.5 cm³/mol. The van der Waals surface area contributed by atoms with Crippen LogP contribution >= 0.6 is 11.8 Å². The van der Waals surface area contributed by atoms with Crippen LogP contribution in [0.25, 0.3) is 0 Å². The van der Waals surface area contributed by atoms with Gasteiger partial charge in [0.1, 0.15) is 12.4 Å². The van der Waals surface area contributed by atoms with E-state index in [9.17, 15) is 14.0 Å². The van der Waals surface area contributed by atoms with Gasteiger partial charge < -0.3 is 10.1 Å². The van der Waals surface area contributed by atoms with Gasteiger partial charge >= 0.3 is 5.97 Å². The Kier molecular flexibility index (Phi) is 4.62. The maximum atomic E-state index is 12.8. The Labute approximate surface area is 137 Å². The molecule has 2 aromatic rings. The number of hydrogen-bond donors (Lipinski definition) is 1. The Morgan fingerprint density at radius 1 is 1.17 bits per heavy atom. The van der Waals surface area contributed by atoms with E-state index >= 15 is 0 Å². The maximum absolute atomic E-state index is 12.8. The number of amides is 1. The SMILES string of the molecule is O=C(CC1Sc2ccccc2NC1=O)OCc1ccc(F)cc1. The number of nitrogens with one attached hydrogen (secondary N) is 1. The molecule has 6 heteroatoms. The van der Waals surface area contributed by atoms with Gasteiger partial charge in [-0.25, -0.2) is 4.39 Å². The third-order valence-electron chi connectivity index (χ3n) is 3.37. The Balaban J connectivity index is 1.56. The Bertz CT molecular complexity index is 733. The smallest absolute Gasteiger partial charge is 0.307 e. The van der Waals surface area contributed by atoms with E-state index in [2.05, 4.69) is 5.32 Å². The molecular formula is C17H14FNO3S. The molecule has 0 aromatic heterocycles. The number of esters is 1. The minimum atomic E-state index is -0.509. The normalized spacial score (nSPS) is 16.4. The second-order valence-electron chi connectivity index (χ2n) is 5.08. The molecule has 2 aromatic carbocycles. The van der Waals surface area contributed by atoms with E-state index in [0.717, 1.165) is 10.6 Å². The highest BCUT2D eigenvalue weighted by molar-refractivity contribution is 8.01. The molecule has 0 radical (unpaired) electrons. The Morgan fingerprint density at radius 3 is 2.70 bits per heavy atom. The highest BCUT2D eigenvalue weighted by Gasteiger charge is 2.29. The van der Waals surface area contributed by atoms with E-state index in [4.69, 9.17) is 4.74 Å². The van der Waals surface area contributed by atoms with E-state index in [1.807, 2.05) is 24.3 Å². The summed E-state index contributed by atoms with van der Waals surface area (Å²) in [5.74, 6) is -0.997. The van der Waals surface area contributed by atoms with Gasteiger partial charge in [-0.2, -0.15) is 0 Å². The third-order valence-corrected chi connectivity index (χ3v) is 4.65. The number of benzene rings is 2. The van der Waals surface area contributed by atoms with E-state index in [0.29, 0.717) is 5.56 Å². The van der Waals surface area contributed by atoms with Crippen LogP contribution in [0.3, 0.4) is 0 Å². The summed E-state index contributed by atoms with van der Waals surface area (Å²) in [5.41, 5.74) is 1.46. The molecule has 1 aliphatic heterocycles. The largest absolute Gasteiger partial charge is 0.461 e. The molecule has 0 fully saturated rings. The zero-order valence-electron chi connectivity index (χ0n) is 12.1. The summed E-state index contributed by atoms with van der Waals surface area (Å²) >= 11 is 1.35. The molecule has 0 saturated carbocycles. The topological polar surface area (TPSA) is 55.4 Å². The summed E-state index contributed by atoms with van der Waals surface area (Å²) in [6.45, 7) is 0.0642. The number of para-hydroxylation sites is 1. The minimum Gasteiger partial charge on any atom is -0.461 e. The molecule has 0 bridgehead atoms. The van der Waals surface area contributed by atoms with Crippen molar-refractivity contribution in [1.82, 2.24) is 0 Å². The van der Waals surface area contributed by atoms with Crippen LogP contribution in [0.5, 0.6) is 0 Å². The van der Waals surface area contributed by atoms with Gasteiger partial charge in [-0.15, -0.1) is 11.8 Å². The molecule has 1 N–H and O–H groups in total. The number of fused-ring (bicyclic) bond motifs is 1. The molecule has 4 nitrogen and oxygen atoms in total. The number of anilines is 1. The maximum Gasteiger partial charge on any atom is 0.307 e. The summed E-state index contributed by atoms with van der Waals surface area (Å²) in [6, 6.07) is 13.2. The fourth-order valence-corrected chi connectivity index (χ4v) is 3.28. The van der Waals surface area contributed by atoms with Gasteiger partial charge in [-0.3, -0.25) is 9.59 Å². The fraction of sp³-hybridized carbons (Fsp3) is 0.176. The van der Waals surface area contributed by atoms with Crippen LogP contribution in [-0.2, 0) is 20.9 Å². The van der Waals surface area contributed by atoms with Gasteiger partial charge in [-0.05, 0) is 29.8 Å². The van der Waals surface area contributed by atoms with Crippen LogP contribution in [0.15, 0.2) is 53.4 Å². The molecule has 0 saturated heterocycles. The number of ether oxygens (including phenoxy) is 1. The number of halogens is 1. The molecule has 1 heterocycles. The molecule has 0 spiro atoms. The van der Waals surface area contributed by atoms with Crippen LogP contribution in [-0.4, -0.2) is 17.1 Å². The highest BCUT2D eigenvalue weighted by Crippen LogP contribution is 2.36. The van der Waals surface area contributed by atoms with Crippen molar-refractivity contribution < 1.29 is 18.7 Å². The minimum absolute atomic E-state index is 0.00791. The zero-order chi connectivity index (χ0) is 16.2. The van der Waals surface area contributed by atoms with Crippen molar-refractivity contribution in [2.75, 3.05) is 5.32 Å². The molecule has 23 heavy (non-hydrogen) atoms. The van der Waals surface area contributed by atoms with Crippen molar-refractivity contribution in [2.45, 2.75) is 23.2 Å². The van der Waals surface area contributed by atoms with Crippen molar-refractivity contribution in [3.8, 4) is 0 Å². The number of hydrogen-bond acceptors (Lipinski definition) is 4. The number of rotatable bonds is 4. The molecule has 3 rings (SSSR count). The van der Waals surface area contributed by atoms with Crippen LogP contribution in [0, 0.1) is 5.82 Å². The fourth-order valence-electron chi connectivity index (χ4n) is 2.18. The van der Waals surface area contributed by atoms with Crippen LogP contribution in [0.1, 0.15) is 12.0 Å². The summed E-state index contributed by atoms with van der Waals surface area (Å²) in [7, 11) is 0. The second kappa shape index (κ2) is 6.83. The van der Waals surface area contributed by atoms with E-state index in [1.54, 1.807) is 12.1 Å². The number of carbonyl (C=O) groups is 2. The van der Waals surface area contributed by atoms with Crippen molar-refractivity contribution >= 4 is 29.3 Å². The van der Waals surface area contributed by atoms with Crippen molar-refractivity contribution in [2.24, 2.45) is 0 Å². The van der Waals surface area contributed by atoms with Gasteiger partial charge in [0.05, 0.1) is 17.4 Å². The molecule has 1 amide bonds. The molecule has 1 unspecified atom stereocenters. The van der Waals surface area contributed by atoms with Crippen molar-refractivity contribution in [1.29, 1.82) is 0 Å². The first-order valence-corrected chi connectivity index (χ1v) is 7.96. The number of carbonyl (C=O) groups excluding carboxylic acids is 2. The average molecular weight is 331 g/mol. The third kappa shape index (κ3) is 3.90. The lowest BCUT2D eigenvalue weighted by atomic mass is 10.2. The van der Waals surface area contributed by atoms with Gasteiger partial charge in [-0.1, -0.05) is 24.3 Å². The summed E-state index contributed by atoms with van der Waals surface area (Å²) < 4.78 is 18.0. The summed E-state index contributed by atoms with van der Waals surface area (Å²) in [6.07, 6.45) is -0.00791. The van der Waals surface area contributed by atoms with E-state index in [1.165, 1.54) is 23.9 Å². The highest BCUT2D eigenvalue weighted by atomic mass is 32.2. The molecule has 118 valence electrons. The standard InChI is InChI=1S/C17H14FNO3S/c18-12-7-5-11(6-8-12)10-22-16(20)9-15-17(21)19-13-3-1-2-4-14(13)23-15/h1-8,15H,9-10H2,(H,19,21). The average Bonchev–Trinajstić information content (AvgIpc) is 2.55. The zero-order valence-corrected chi connectivity index (χ0v) is 12.9. The number of thioether (sulfide) groups is 1. The second-order valence-corrected chi connectivity index (χ2v) is 6.33. The van der Waals surface area contributed by atoms with Crippen molar-refractivity contribution in [3.05, 3.63) is 59.9 Å². The molecular weight excluding hydrogens is 317 g/mol. The van der Waals surface area contributed by atoms with Gasteiger partial charge in [0.15, 0.2) is 0 Å². The van der Waals surface area contributed by atoms with Gasteiger partial charge in [0, 0.05) is 4.90 Å². The monoisotopic (exact) mass is 331 g/mol. The first-order valence-electron chi connectivity index (χ1n) is 7.08. The Morgan fingerprint density at radius 2 is 1.91 bits per heavy atom. The molecule has 1 atom stereocenters. The van der Waals surface area contributed by atoms with Crippen molar-refractivity contribution in [3.63, 3.8) is 0 Å². The van der Waals surface area contributed by atoms with Crippen LogP contribution in [0.4, 0.5) is 10.1 Å². The van der Waals surface area contributed by atoms with Gasteiger partial charge in [0.25, 0.3) is 0 Å². The Hall–Kier alpha value is -2.34. The lowest BCUT2D eigenvalue weighted by molar-refractivity contribution is -0.145. The first-order chi connectivity index (χ1) is 11.1. The van der Waals surface area contributed by atoms with Gasteiger partial charge in [0.2, 0.25) is 5.91 Å². The van der Waals surface area contributed by atoms with E-state index < -0.39 is 11.2 Å². The lowest BCUT2D eigenvalue weighted by Crippen LogP contribution is -2.31.